The molecule has 0 aromatic carbocycles. The van der Waals surface area contributed by atoms with E-state index in [1.807, 2.05) is 27.7 Å². The summed E-state index contributed by atoms with van der Waals surface area (Å²) >= 11 is 0. The Morgan fingerprint density at radius 2 is 1.68 bits per heavy atom. The minimum atomic E-state index is -0.270. The van der Waals surface area contributed by atoms with E-state index >= 15 is 0 Å². The molecule has 0 saturated heterocycles. The highest BCUT2D eigenvalue weighted by Crippen LogP contribution is 2.23. The maximum Gasteiger partial charge on any atom is 0.306 e. The van der Waals surface area contributed by atoms with Crippen LogP contribution in [0.2, 0.25) is 0 Å². The second-order valence-electron chi connectivity index (χ2n) is 7.98. The van der Waals surface area contributed by atoms with Gasteiger partial charge in [-0.05, 0) is 39.0 Å². The van der Waals surface area contributed by atoms with Crippen LogP contribution in [0, 0.1) is 18.3 Å². The molecule has 34 heavy (non-hydrogen) atoms. The number of amides is 1. The molecule has 3 atom stereocenters. The van der Waals surface area contributed by atoms with Crippen LogP contribution in [0.5, 0.6) is 0 Å². The highest BCUT2D eigenvalue weighted by atomic mass is 33.1. The van der Waals surface area contributed by atoms with Gasteiger partial charge in [-0.3, -0.25) is 14.4 Å². The van der Waals surface area contributed by atoms with Crippen molar-refractivity contribution in [3.63, 3.8) is 0 Å². The molecule has 0 aromatic rings. The fourth-order valence-corrected chi connectivity index (χ4v) is 4.98. The van der Waals surface area contributed by atoms with Crippen molar-refractivity contribution in [2.75, 3.05) is 24.7 Å². The van der Waals surface area contributed by atoms with Gasteiger partial charge in [-0.1, -0.05) is 68.5 Å². The van der Waals surface area contributed by atoms with E-state index in [1.54, 1.807) is 21.6 Å². The molecule has 0 heterocycles. The molecule has 0 bridgehead atoms. The van der Waals surface area contributed by atoms with Gasteiger partial charge in [0.1, 0.15) is 5.78 Å². The molecule has 6 nitrogen and oxygen atoms in total. The summed E-state index contributed by atoms with van der Waals surface area (Å²) in [5.41, 5.74) is 0. The highest BCUT2D eigenvalue weighted by molar-refractivity contribution is 8.76. The Morgan fingerprint density at radius 1 is 0.971 bits per heavy atom. The first-order valence-electron chi connectivity index (χ1n) is 12.8. The number of ketones is 1. The fourth-order valence-electron chi connectivity index (χ4n) is 2.72. The Morgan fingerprint density at radius 3 is 2.29 bits per heavy atom. The summed E-state index contributed by atoms with van der Waals surface area (Å²) in [4.78, 5) is 35.9. The lowest BCUT2D eigenvalue weighted by Gasteiger charge is -2.21. The van der Waals surface area contributed by atoms with Gasteiger partial charge in [0, 0.05) is 42.9 Å². The minimum Gasteiger partial charge on any atom is -0.452 e. The lowest BCUT2D eigenvalue weighted by molar-refractivity contribution is -0.142. The van der Waals surface area contributed by atoms with Crippen LogP contribution >= 0.6 is 21.6 Å². The predicted octanol–water partition coefficient (Wildman–Crippen LogP) is 5.40. The SMILES string of the molecule is C#CCOC(=O)CCCSSCC(NC(C)CC)C(=O)NCCCCCC(=O)C(C)CC.CC. The smallest absolute Gasteiger partial charge is 0.306 e. The summed E-state index contributed by atoms with van der Waals surface area (Å²) < 4.78 is 4.84. The Kier molecular flexibility index (Phi) is 25.7. The number of hydrogen-bond acceptors (Lipinski definition) is 7. The molecule has 0 saturated carbocycles. The number of rotatable bonds is 20. The third kappa shape index (κ3) is 20.2. The van der Waals surface area contributed by atoms with Crippen LogP contribution in [-0.2, 0) is 19.1 Å². The first-order chi connectivity index (χ1) is 16.3. The molecule has 0 radical (unpaired) electrons. The number of terminal acetylenes is 1. The van der Waals surface area contributed by atoms with Crippen molar-refractivity contribution in [2.45, 2.75) is 105 Å². The van der Waals surface area contributed by atoms with Gasteiger partial charge in [0.25, 0.3) is 0 Å². The molecule has 1 amide bonds. The van der Waals surface area contributed by atoms with E-state index in [4.69, 9.17) is 11.2 Å². The first kappa shape index (κ1) is 35.0. The maximum atomic E-state index is 12.6. The predicted molar refractivity (Wildman–Crippen MR) is 148 cm³/mol. The van der Waals surface area contributed by atoms with E-state index in [2.05, 4.69) is 30.4 Å². The number of esters is 1. The van der Waals surface area contributed by atoms with Crippen LogP contribution in [-0.4, -0.2) is 54.4 Å². The average Bonchev–Trinajstić information content (AvgIpc) is 2.86. The number of nitrogens with one attached hydrogen (secondary N) is 2. The molecule has 0 aromatic heterocycles. The number of ether oxygens (including phenoxy) is 1. The molecule has 0 fully saturated rings. The van der Waals surface area contributed by atoms with Crippen LogP contribution in [0.25, 0.3) is 0 Å². The van der Waals surface area contributed by atoms with Crippen LogP contribution < -0.4 is 10.6 Å². The number of hydrogen-bond donors (Lipinski definition) is 2. The Hall–Kier alpha value is -1.17. The zero-order chi connectivity index (χ0) is 26.2. The van der Waals surface area contributed by atoms with Gasteiger partial charge in [0.2, 0.25) is 5.91 Å². The van der Waals surface area contributed by atoms with E-state index < -0.39 is 0 Å². The number of Topliss-reactive ketones (excluding diaryl/α,β-unsaturated/α-hetero) is 1. The molecule has 0 aliphatic heterocycles. The van der Waals surface area contributed by atoms with Crippen LogP contribution in [0.3, 0.4) is 0 Å². The summed E-state index contributed by atoms with van der Waals surface area (Å²) in [5.74, 6) is 3.99. The normalized spacial score (nSPS) is 13.0. The molecule has 198 valence electrons. The van der Waals surface area contributed by atoms with E-state index in [9.17, 15) is 14.4 Å². The summed E-state index contributed by atoms with van der Waals surface area (Å²) in [5, 5.41) is 6.44. The summed E-state index contributed by atoms with van der Waals surface area (Å²) in [6.07, 6.45) is 11.3. The van der Waals surface area contributed by atoms with Gasteiger partial charge in [0.15, 0.2) is 6.61 Å². The van der Waals surface area contributed by atoms with Gasteiger partial charge >= 0.3 is 5.97 Å². The second-order valence-corrected chi connectivity index (χ2v) is 10.6. The first-order valence-corrected chi connectivity index (χ1v) is 15.2. The summed E-state index contributed by atoms with van der Waals surface area (Å²) in [7, 11) is 3.30. The van der Waals surface area contributed by atoms with Crippen molar-refractivity contribution >= 4 is 39.2 Å². The monoisotopic (exact) mass is 516 g/mol. The van der Waals surface area contributed by atoms with Gasteiger partial charge in [-0.15, -0.1) is 6.42 Å². The van der Waals surface area contributed by atoms with Crippen molar-refractivity contribution in [3.8, 4) is 12.3 Å². The van der Waals surface area contributed by atoms with Crippen LogP contribution in [0.4, 0.5) is 0 Å². The summed E-state index contributed by atoms with van der Waals surface area (Å²) in [6.45, 7) is 12.8. The fraction of sp³-hybridized carbons (Fsp3) is 0.808. The number of carbonyl (C=O) groups is 3. The van der Waals surface area contributed by atoms with Crippen molar-refractivity contribution in [3.05, 3.63) is 0 Å². The van der Waals surface area contributed by atoms with E-state index in [0.29, 0.717) is 30.9 Å². The third-order valence-corrected chi connectivity index (χ3v) is 7.72. The number of carbonyl (C=O) groups excluding carboxylic acids is 3. The standard InChI is InChI=1S/C24H42N2O4S2.C2H6/c1-6-16-30-23(28)14-12-17-31-32-18-21(26-20(5)8-3)24(29)25-15-11-9-10-13-22(27)19(4)7-2;1-2/h1,19-21,26H,7-18H2,2-5H3,(H,25,29);1-2H3. The van der Waals surface area contributed by atoms with Crippen LogP contribution in [0.1, 0.15) is 92.9 Å². The zero-order valence-corrected chi connectivity index (χ0v) is 23.9. The largest absolute Gasteiger partial charge is 0.452 e. The second kappa shape index (κ2) is 24.9. The molecule has 0 spiro atoms. The minimum absolute atomic E-state index is 0.0203. The molecular formula is C26H48N2O4S2. The quantitative estimate of drug-likeness (QED) is 0.0970. The van der Waals surface area contributed by atoms with Crippen molar-refractivity contribution in [1.29, 1.82) is 0 Å². The van der Waals surface area contributed by atoms with Gasteiger partial charge in [0.05, 0.1) is 6.04 Å². The lowest BCUT2D eigenvalue weighted by atomic mass is 9.99. The van der Waals surface area contributed by atoms with Gasteiger partial charge in [-0.2, -0.15) is 0 Å². The van der Waals surface area contributed by atoms with Crippen molar-refractivity contribution in [1.82, 2.24) is 10.6 Å². The van der Waals surface area contributed by atoms with Crippen molar-refractivity contribution < 1.29 is 19.1 Å². The molecule has 0 aliphatic carbocycles. The molecule has 8 heteroatoms. The van der Waals surface area contributed by atoms with Crippen LogP contribution in [0.15, 0.2) is 0 Å². The third-order valence-electron chi connectivity index (χ3n) is 5.22. The Balaban J connectivity index is 0. The molecular weight excluding hydrogens is 468 g/mol. The molecule has 3 unspecified atom stereocenters. The maximum absolute atomic E-state index is 12.6. The molecule has 2 N–H and O–H groups in total. The van der Waals surface area contributed by atoms with Gasteiger partial charge in [-0.25, -0.2) is 0 Å². The highest BCUT2D eigenvalue weighted by Gasteiger charge is 2.20. The van der Waals surface area contributed by atoms with E-state index in [0.717, 1.165) is 44.3 Å². The van der Waals surface area contributed by atoms with E-state index in [-0.39, 0.29) is 36.5 Å². The van der Waals surface area contributed by atoms with E-state index in [1.165, 1.54) is 0 Å². The molecule has 0 rings (SSSR count). The molecule has 0 aliphatic rings. The summed E-state index contributed by atoms with van der Waals surface area (Å²) in [6, 6.07) is 0.00358. The Bertz CT molecular complexity index is 582. The Labute approximate surface area is 216 Å². The lowest BCUT2D eigenvalue weighted by Crippen LogP contribution is -2.49. The average molecular weight is 517 g/mol. The number of unbranched alkanes of at least 4 members (excludes halogenated alkanes) is 2. The van der Waals surface area contributed by atoms with Gasteiger partial charge < -0.3 is 15.4 Å². The topological polar surface area (TPSA) is 84.5 Å². The zero-order valence-electron chi connectivity index (χ0n) is 22.2. The van der Waals surface area contributed by atoms with Crippen molar-refractivity contribution in [2.24, 2.45) is 5.92 Å².